The van der Waals surface area contributed by atoms with Crippen LogP contribution in [0.5, 0.6) is 0 Å². The van der Waals surface area contributed by atoms with Gasteiger partial charge in [-0.05, 0) is 30.2 Å². The van der Waals surface area contributed by atoms with Crippen molar-refractivity contribution in [3.63, 3.8) is 0 Å². The zero-order chi connectivity index (χ0) is 15.7. The van der Waals surface area contributed by atoms with Crippen LogP contribution in [-0.2, 0) is 0 Å². The Bertz CT molecular complexity index is 752. The molecule has 1 atom stereocenters. The highest BCUT2D eigenvalue weighted by Crippen LogP contribution is 2.40. The Morgan fingerprint density at radius 1 is 1.18 bits per heavy atom. The van der Waals surface area contributed by atoms with E-state index in [-0.39, 0.29) is 23.1 Å². The van der Waals surface area contributed by atoms with E-state index in [1.807, 2.05) is 36.4 Å². The van der Waals surface area contributed by atoms with Gasteiger partial charge < -0.3 is 10.0 Å². The van der Waals surface area contributed by atoms with E-state index >= 15 is 0 Å². The van der Waals surface area contributed by atoms with Crippen LogP contribution in [0.3, 0.4) is 0 Å². The molecule has 0 saturated carbocycles. The number of rotatable bonds is 4. The maximum Gasteiger partial charge on any atom is 0.336 e. The van der Waals surface area contributed by atoms with Gasteiger partial charge in [0.05, 0.1) is 17.2 Å². The van der Waals surface area contributed by atoms with Gasteiger partial charge in [-0.3, -0.25) is 4.79 Å². The number of nitrogens with zero attached hydrogens (tertiary/aromatic N) is 1. The summed E-state index contributed by atoms with van der Waals surface area (Å²) in [6.07, 6.45) is 2.31. The number of carboxylic acid groups (broad SMARTS) is 1. The predicted molar refractivity (Wildman–Crippen MR) is 84.2 cm³/mol. The Morgan fingerprint density at radius 3 is 2.55 bits per heavy atom. The van der Waals surface area contributed by atoms with Crippen LogP contribution in [0.25, 0.3) is 0 Å². The first-order chi connectivity index (χ1) is 10.6. The van der Waals surface area contributed by atoms with E-state index < -0.39 is 5.97 Å². The van der Waals surface area contributed by atoms with Crippen molar-refractivity contribution in [2.24, 2.45) is 0 Å². The molecule has 1 aliphatic heterocycles. The quantitative estimate of drug-likeness (QED) is 0.875. The van der Waals surface area contributed by atoms with E-state index in [1.54, 1.807) is 17.0 Å². The van der Waals surface area contributed by atoms with Crippen LogP contribution < -0.4 is 4.90 Å². The standard InChI is InChI=1S/C18H15NO3/c1-2-7-15-13-10-6-11-14(18(21)22)16(13)17(20)19(15)12-8-4-3-5-9-12/h2-6,8-11,15H,1,7H2,(H,21,22). The van der Waals surface area contributed by atoms with Gasteiger partial charge in [0.1, 0.15) is 0 Å². The summed E-state index contributed by atoms with van der Waals surface area (Å²) in [5.41, 5.74) is 1.83. The van der Waals surface area contributed by atoms with Crippen LogP contribution in [-0.4, -0.2) is 17.0 Å². The van der Waals surface area contributed by atoms with Crippen molar-refractivity contribution in [3.05, 3.63) is 77.9 Å². The lowest BCUT2D eigenvalue weighted by Crippen LogP contribution is -2.27. The third-order valence-corrected chi connectivity index (χ3v) is 3.85. The lowest BCUT2D eigenvalue weighted by Gasteiger charge is -2.24. The monoisotopic (exact) mass is 293 g/mol. The molecule has 1 N–H and O–H groups in total. The van der Waals surface area contributed by atoms with Gasteiger partial charge in [-0.25, -0.2) is 4.79 Å². The molecule has 0 aliphatic carbocycles. The third kappa shape index (κ3) is 2.09. The molecule has 1 unspecified atom stereocenters. The van der Waals surface area contributed by atoms with Gasteiger partial charge in [0, 0.05) is 5.69 Å². The van der Waals surface area contributed by atoms with Gasteiger partial charge in [0.2, 0.25) is 0 Å². The largest absolute Gasteiger partial charge is 0.478 e. The number of hydrogen-bond acceptors (Lipinski definition) is 2. The number of anilines is 1. The molecule has 0 saturated heterocycles. The zero-order valence-electron chi connectivity index (χ0n) is 11.9. The second-order valence-electron chi connectivity index (χ2n) is 5.13. The van der Waals surface area contributed by atoms with Gasteiger partial charge in [-0.15, -0.1) is 6.58 Å². The van der Waals surface area contributed by atoms with Crippen molar-refractivity contribution in [2.75, 3.05) is 4.90 Å². The molecule has 1 amide bonds. The molecule has 0 radical (unpaired) electrons. The molecule has 3 rings (SSSR count). The first kappa shape index (κ1) is 14.1. The number of carboxylic acids is 1. The SMILES string of the molecule is C=CCC1c2cccc(C(=O)O)c2C(=O)N1c1ccccc1. The third-order valence-electron chi connectivity index (χ3n) is 3.85. The smallest absolute Gasteiger partial charge is 0.336 e. The molecule has 4 nitrogen and oxygen atoms in total. The Balaban J connectivity index is 2.19. The summed E-state index contributed by atoms with van der Waals surface area (Å²) in [7, 11) is 0. The molecule has 1 aliphatic rings. The highest BCUT2D eigenvalue weighted by atomic mass is 16.4. The molecule has 1 heterocycles. The molecular weight excluding hydrogens is 278 g/mol. The van der Waals surface area contributed by atoms with E-state index in [2.05, 4.69) is 6.58 Å². The number of aromatic carboxylic acids is 1. The minimum absolute atomic E-state index is 0.0509. The fraction of sp³-hybridized carbons (Fsp3) is 0.111. The molecule has 0 spiro atoms. The topological polar surface area (TPSA) is 57.6 Å². The molecule has 0 aromatic heterocycles. The Kier molecular flexibility index (Phi) is 3.51. The van der Waals surface area contributed by atoms with Crippen molar-refractivity contribution in [2.45, 2.75) is 12.5 Å². The van der Waals surface area contributed by atoms with Gasteiger partial charge >= 0.3 is 5.97 Å². The lowest BCUT2D eigenvalue weighted by molar-refractivity contribution is 0.0692. The van der Waals surface area contributed by atoms with Crippen LogP contribution in [0, 0.1) is 0 Å². The summed E-state index contributed by atoms with van der Waals surface area (Å²) < 4.78 is 0. The number of para-hydroxylation sites is 1. The maximum atomic E-state index is 12.8. The summed E-state index contributed by atoms with van der Waals surface area (Å²) in [6.45, 7) is 3.75. The summed E-state index contributed by atoms with van der Waals surface area (Å²) in [5, 5.41) is 9.35. The fourth-order valence-corrected chi connectivity index (χ4v) is 2.94. The van der Waals surface area contributed by atoms with E-state index in [0.29, 0.717) is 6.42 Å². The van der Waals surface area contributed by atoms with Crippen LogP contribution >= 0.6 is 0 Å². The number of carbonyl (C=O) groups excluding carboxylic acids is 1. The molecule has 110 valence electrons. The first-order valence-corrected chi connectivity index (χ1v) is 7.01. The molecule has 2 aromatic carbocycles. The summed E-state index contributed by atoms with van der Waals surface area (Å²) in [4.78, 5) is 25.9. The first-order valence-electron chi connectivity index (χ1n) is 7.01. The molecular formula is C18H15NO3. The van der Waals surface area contributed by atoms with Crippen molar-refractivity contribution in [1.82, 2.24) is 0 Å². The highest BCUT2D eigenvalue weighted by Gasteiger charge is 2.39. The summed E-state index contributed by atoms with van der Waals surface area (Å²) in [5.74, 6) is -1.36. The number of amides is 1. The Morgan fingerprint density at radius 2 is 1.91 bits per heavy atom. The normalized spacial score (nSPS) is 16.5. The van der Waals surface area contributed by atoms with Crippen LogP contribution in [0.15, 0.2) is 61.2 Å². The zero-order valence-corrected chi connectivity index (χ0v) is 11.9. The number of hydrogen-bond donors (Lipinski definition) is 1. The van der Waals surface area contributed by atoms with Crippen LogP contribution in [0.4, 0.5) is 5.69 Å². The molecule has 4 heteroatoms. The molecule has 0 bridgehead atoms. The van der Waals surface area contributed by atoms with Gasteiger partial charge in [-0.1, -0.05) is 36.4 Å². The molecule has 2 aromatic rings. The fourth-order valence-electron chi connectivity index (χ4n) is 2.94. The number of carbonyl (C=O) groups is 2. The van der Waals surface area contributed by atoms with E-state index in [0.717, 1.165) is 11.3 Å². The second-order valence-corrected chi connectivity index (χ2v) is 5.13. The number of benzene rings is 2. The van der Waals surface area contributed by atoms with Crippen molar-refractivity contribution in [1.29, 1.82) is 0 Å². The van der Waals surface area contributed by atoms with Crippen molar-refractivity contribution >= 4 is 17.6 Å². The van der Waals surface area contributed by atoms with Crippen LogP contribution in [0.2, 0.25) is 0 Å². The van der Waals surface area contributed by atoms with Crippen molar-refractivity contribution in [3.8, 4) is 0 Å². The number of fused-ring (bicyclic) bond motifs is 1. The average Bonchev–Trinajstić information content (AvgIpc) is 2.81. The van der Waals surface area contributed by atoms with Gasteiger partial charge in [-0.2, -0.15) is 0 Å². The summed E-state index contributed by atoms with van der Waals surface area (Å²) in [6, 6.07) is 14.0. The van der Waals surface area contributed by atoms with E-state index in [4.69, 9.17) is 0 Å². The van der Waals surface area contributed by atoms with E-state index in [9.17, 15) is 14.7 Å². The minimum Gasteiger partial charge on any atom is -0.478 e. The maximum absolute atomic E-state index is 12.8. The highest BCUT2D eigenvalue weighted by molar-refractivity contribution is 6.16. The second kappa shape index (κ2) is 5.48. The lowest BCUT2D eigenvalue weighted by atomic mass is 9.98. The van der Waals surface area contributed by atoms with Crippen molar-refractivity contribution < 1.29 is 14.7 Å². The van der Waals surface area contributed by atoms with Gasteiger partial charge in [0.25, 0.3) is 5.91 Å². The van der Waals surface area contributed by atoms with E-state index in [1.165, 1.54) is 6.07 Å². The molecule has 22 heavy (non-hydrogen) atoms. The Labute approximate surface area is 128 Å². The minimum atomic E-state index is -1.09. The summed E-state index contributed by atoms with van der Waals surface area (Å²) >= 11 is 0. The Hall–Kier alpha value is -2.88. The predicted octanol–water partition coefficient (Wildman–Crippen LogP) is 3.66. The molecule has 0 fully saturated rings. The van der Waals surface area contributed by atoms with Gasteiger partial charge in [0.15, 0.2) is 0 Å². The average molecular weight is 293 g/mol. The van der Waals surface area contributed by atoms with Crippen LogP contribution in [0.1, 0.15) is 38.7 Å².